The molecule has 0 radical (unpaired) electrons. The molecule has 106 valence electrons. The van der Waals surface area contributed by atoms with E-state index in [1.165, 1.54) is 28.3 Å². The molecule has 0 fully saturated rings. The van der Waals surface area contributed by atoms with Crippen molar-refractivity contribution in [2.24, 2.45) is 0 Å². The monoisotopic (exact) mass is 276 g/mol. The number of hydrogen-bond acceptors (Lipinski definition) is 1. The summed E-state index contributed by atoms with van der Waals surface area (Å²) in [5.74, 6) is 0. The second-order valence-electron chi connectivity index (χ2n) is 5.48. The third-order valence-corrected chi connectivity index (χ3v) is 3.75. The smallest absolute Gasteiger partial charge is 0.0531 e. The fraction of sp³-hybridized carbons (Fsp3) is 0.158. The molecular formula is C19H20N2. The van der Waals surface area contributed by atoms with Gasteiger partial charge in [-0.05, 0) is 42.8 Å². The van der Waals surface area contributed by atoms with Gasteiger partial charge in [-0.2, -0.15) is 0 Å². The second-order valence-corrected chi connectivity index (χ2v) is 5.48. The summed E-state index contributed by atoms with van der Waals surface area (Å²) in [6.07, 6.45) is 0. The molecule has 1 aromatic heterocycles. The summed E-state index contributed by atoms with van der Waals surface area (Å²) in [6.45, 7) is 2.15. The van der Waals surface area contributed by atoms with Gasteiger partial charge in [0.2, 0.25) is 0 Å². The molecule has 3 rings (SSSR count). The minimum atomic E-state index is 1.20. The Hall–Kier alpha value is -2.48. The predicted octanol–water partition coefficient (Wildman–Crippen LogP) is 4.52. The van der Waals surface area contributed by atoms with E-state index in [0.717, 1.165) is 0 Å². The van der Waals surface area contributed by atoms with Crippen molar-refractivity contribution >= 4 is 5.69 Å². The lowest BCUT2D eigenvalue weighted by Gasteiger charge is -2.17. The number of benzene rings is 2. The van der Waals surface area contributed by atoms with E-state index < -0.39 is 0 Å². The Morgan fingerprint density at radius 2 is 1.57 bits per heavy atom. The molecule has 0 unspecified atom stereocenters. The SMILES string of the molecule is Cc1ccc(-c2ccccc2)n1-c1cccc(N(C)C)c1. The maximum Gasteiger partial charge on any atom is 0.0531 e. The molecule has 0 aliphatic rings. The molecule has 0 N–H and O–H groups in total. The number of aryl methyl sites for hydroxylation is 1. The molecule has 0 saturated carbocycles. The van der Waals surface area contributed by atoms with Gasteiger partial charge >= 0.3 is 0 Å². The Labute approximate surface area is 126 Å². The molecule has 0 atom stereocenters. The van der Waals surface area contributed by atoms with Crippen molar-refractivity contribution in [1.82, 2.24) is 4.57 Å². The standard InChI is InChI=1S/C19H20N2/c1-15-12-13-19(16-8-5-4-6-9-16)21(15)18-11-7-10-17(14-18)20(2)3/h4-14H,1-3H3. The van der Waals surface area contributed by atoms with E-state index in [0.29, 0.717) is 0 Å². The lowest BCUT2D eigenvalue weighted by atomic mass is 10.1. The lowest BCUT2D eigenvalue weighted by Crippen LogP contribution is -2.09. The van der Waals surface area contributed by atoms with Crippen LogP contribution in [0.5, 0.6) is 0 Å². The Balaban J connectivity index is 2.15. The van der Waals surface area contributed by atoms with Crippen LogP contribution >= 0.6 is 0 Å². The van der Waals surface area contributed by atoms with E-state index in [9.17, 15) is 0 Å². The summed E-state index contributed by atoms with van der Waals surface area (Å²) in [6, 6.07) is 23.5. The van der Waals surface area contributed by atoms with Crippen LogP contribution in [0, 0.1) is 6.92 Å². The first-order chi connectivity index (χ1) is 10.2. The fourth-order valence-electron chi connectivity index (χ4n) is 2.63. The summed E-state index contributed by atoms with van der Waals surface area (Å²) in [7, 11) is 4.14. The zero-order valence-corrected chi connectivity index (χ0v) is 12.7. The van der Waals surface area contributed by atoms with Gasteiger partial charge in [0, 0.05) is 31.2 Å². The first-order valence-corrected chi connectivity index (χ1v) is 7.18. The van der Waals surface area contributed by atoms with Crippen molar-refractivity contribution in [2.45, 2.75) is 6.92 Å². The number of rotatable bonds is 3. The molecule has 3 aromatic rings. The van der Waals surface area contributed by atoms with Crippen LogP contribution in [-0.2, 0) is 0 Å². The van der Waals surface area contributed by atoms with Crippen molar-refractivity contribution in [1.29, 1.82) is 0 Å². The van der Waals surface area contributed by atoms with Gasteiger partial charge < -0.3 is 9.47 Å². The molecule has 0 aliphatic heterocycles. The average molecular weight is 276 g/mol. The van der Waals surface area contributed by atoms with E-state index in [-0.39, 0.29) is 0 Å². The highest BCUT2D eigenvalue weighted by atomic mass is 15.1. The molecular weight excluding hydrogens is 256 g/mol. The zero-order chi connectivity index (χ0) is 14.8. The van der Waals surface area contributed by atoms with Gasteiger partial charge in [-0.1, -0.05) is 36.4 Å². The summed E-state index contributed by atoms with van der Waals surface area (Å²) < 4.78 is 2.31. The van der Waals surface area contributed by atoms with Crippen LogP contribution in [0.1, 0.15) is 5.69 Å². The van der Waals surface area contributed by atoms with Crippen LogP contribution in [-0.4, -0.2) is 18.7 Å². The van der Waals surface area contributed by atoms with E-state index >= 15 is 0 Å². The van der Waals surface area contributed by atoms with Crippen LogP contribution in [0.25, 0.3) is 16.9 Å². The van der Waals surface area contributed by atoms with Crippen LogP contribution < -0.4 is 4.90 Å². The average Bonchev–Trinajstić information content (AvgIpc) is 2.90. The molecule has 0 aliphatic carbocycles. The first kappa shape index (κ1) is 13.5. The normalized spacial score (nSPS) is 10.6. The predicted molar refractivity (Wildman–Crippen MR) is 90.3 cm³/mol. The molecule has 0 spiro atoms. The molecule has 0 saturated heterocycles. The first-order valence-electron chi connectivity index (χ1n) is 7.18. The minimum Gasteiger partial charge on any atom is -0.378 e. The van der Waals surface area contributed by atoms with Crippen molar-refractivity contribution in [3.05, 3.63) is 72.4 Å². The van der Waals surface area contributed by atoms with E-state index in [4.69, 9.17) is 0 Å². The third-order valence-electron chi connectivity index (χ3n) is 3.75. The van der Waals surface area contributed by atoms with Gasteiger partial charge in [0.1, 0.15) is 0 Å². The van der Waals surface area contributed by atoms with Crippen molar-refractivity contribution < 1.29 is 0 Å². The van der Waals surface area contributed by atoms with Crippen molar-refractivity contribution in [2.75, 3.05) is 19.0 Å². The second kappa shape index (κ2) is 5.49. The van der Waals surface area contributed by atoms with Gasteiger partial charge in [-0.25, -0.2) is 0 Å². The number of anilines is 1. The molecule has 2 aromatic carbocycles. The van der Waals surface area contributed by atoms with Gasteiger partial charge in [-0.15, -0.1) is 0 Å². The summed E-state index contributed by atoms with van der Waals surface area (Å²) in [4.78, 5) is 2.13. The molecule has 21 heavy (non-hydrogen) atoms. The molecule has 2 heteroatoms. The maximum absolute atomic E-state index is 2.31. The van der Waals surface area contributed by atoms with Gasteiger partial charge in [0.05, 0.1) is 5.69 Å². The highest BCUT2D eigenvalue weighted by Crippen LogP contribution is 2.27. The zero-order valence-electron chi connectivity index (χ0n) is 12.7. The van der Waals surface area contributed by atoms with E-state index in [1.54, 1.807) is 0 Å². The Bertz CT molecular complexity index is 739. The maximum atomic E-state index is 2.31. The number of nitrogens with zero attached hydrogens (tertiary/aromatic N) is 2. The molecule has 2 nitrogen and oxygen atoms in total. The number of hydrogen-bond donors (Lipinski definition) is 0. The van der Waals surface area contributed by atoms with Crippen LogP contribution in [0.2, 0.25) is 0 Å². The fourth-order valence-corrected chi connectivity index (χ4v) is 2.63. The van der Waals surface area contributed by atoms with Crippen molar-refractivity contribution in [3.8, 4) is 16.9 Å². The van der Waals surface area contributed by atoms with Crippen molar-refractivity contribution in [3.63, 3.8) is 0 Å². The largest absolute Gasteiger partial charge is 0.378 e. The Kier molecular flexibility index (Phi) is 3.53. The lowest BCUT2D eigenvalue weighted by molar-refractivity contribution is 1.02. The quantitative estimate of drug-likeness (QED) is 0.683. The van der Waals surface area contributed by atoms with E-state index in [2.05, 4.69) is 97.2 Å². The van der Waals surface area contributed by atoms with Crippen LogP contribution in [0.4, 0.5) is 5.69 Å². The molecule has 0 amide bonds. The third kappa shape index (κ3) is 2.57. The highest BCUT2D eigenvalue weighted by molar-refractivity contribution is 5.65. The number of aromatic nitrogens is 1. The summed E-state index contributed by atoms with van der Waals surface area (Å²) in [5, 5.41) is 0. The van der Waals surface area contributed by atoms with Gasteiger partial charge in [0.15, 0.2) is 0 Å². The Morgan fingerprint density at radius 3 is 2.29 bits per heavy atom. The summed E-state index contributed by atoms with van der Waals surface area (Å²) in [5.41, 5.74) is 6.11. The highest BCUT2D eigenvalue weighted by Gasteiger charge is 2.09. The van der Waals surface area contributed by atoms with Gasteiger partial charge in [-0.3, -0.25) is 0 Å². The summed E-state index contributed by atoms with van der Waals surface area (Å²) >= 11 is 0. The Morgan fingerprint density at radius 1 is 0.810 bits per heavy atom. The topological polar surface area (TPSA) is 8.17 Å². The van der Waals surface area contributed by atoms with Gasteiger partial charge in [0.25, 0.3) is 0 Å². The van der Waals surface area contributed by atoms with E-state index in [1.807, 2.05) is 0 Å². The molecule has 1 heterocycles. The van der Waals surface area contributed by atoms with Crippen LogP contribution in [0.15, 0.2) is 66.7 Å². The van der Waals surface area contributed by atoms with Crippen LogP contribution in [0.3, 0.4) is 0 Å². The molecule has 0 bridgehead atoms. The minimum absolute atomic E-state index is 1.20.